The van der Waals surface area contributed by atoms with Crippen molar-refractivity contribution < 1.29 is 31.8 Å². The summed E-state index contributed by atoms with van der Waals surface area (Å²) in [5, 5.41) is 0. The van der Waals surface area contributed by atoms with Gasteiger partial charge in [-0.15, -0.1) is 13.2 Å². The van der Waals surface area contributed by atoms with E-state index >= 15 is 0 Å². The average molecular weight is 397 g/mol. The molecule has 1 fully saturated rings. The maximum Gasteiger partial charge on any atom is 0.522 e. The normalized spacial score (nSPS) is 20.1. The third-order valence-electron chi connectivity index (χ3n) is 4.55. The molecule has 150 valence electrons. The summed E-state index contributed by atoms with van der Waals surface area (Å²) < 4.78 is 60.6. The molecule has 1 amide bonds. The highest BCUT2D eigenvalue weighted by atomic mass is 19.4. The summed E-state index contributed by atoms with van der Waals surface area (Å²) in [4.78, 5) is 13.9. The second-order valence-electron chi connectivity index (χ2n) is 6.51. The lowest BCUT2D eigenvalue weighted by molar-refractivity contribution is -0.346. The predicted molar refractivity (Wildman–Crippen MR) is 92.6 cm³/mol. The van der Waals surface area contributed by atoms with Crippen molar-refractivity contribution in [3.8, 4) is 0 Å². The van der Waals surface area contributed by atoms with E-state index in [2.05, 4.69) is 4.74 Å². The molecule has 2 aromatic carbocycles. The van der Waals surface area contributed by atoms with Gasteiger partial charge in [-0.05, 0) is 36.1 Å². The van der Waals surface area contributed by atoms with Crippen LogP contribution in [0.4, 0.5) is 22.4 Å². The fourth-order valence-electron chi connectivity index (χ4n) is 3.25. The van der Waals surface area contributed by atoms with Gasteiger partial charge in [-0.2, -0.15) is 0 Å². The number of likely N-dealkylation sites (tertiary alicyclic amines) is 1. The van der Waals surface area contributed by atoms with Crippen LogP contribution < -0.4 is 0 Å². The molecule has 2 atom stereocenters. The maximum atomic E-state index is 13.2. The zero-order valence-corrected chi connectivity index (χ0v) is 14.9. The number of carbonyl (C=O) groups is 1. The molecule has 28 heavy (non-hydrogen) atoms. The van der Waals surface area contributed by atoms with Gasteiger partial charge in [0.25, 0.3) is 0 Å². The molecular formula is C20H19F4NO3. The summed E-state index contributed by atoms with van der Waals surface area (Å²) in [7, 11) is 0. The SMILES string of the molecule is O=C(OCc1ccccc1)N1CC[C@H](OC(F)(F)F)C[C@@H]1c1ccc(F)cc1. The summed E-state index contributed by atoms with van der Waals surface area (Å²) in [6.45, 7) is 0.0885. The molecule has 0 radical (unpaired) electrons. The standard InChI is InChI=1S/C20H19F4NO3/c21-16-8-6-15(7-9-16)18-12-17(28-20(22,23)24)10-11-25(18)19(26)27-13-14-4-2-1-3-5-14/h1-9,17-18H,10-13H2/t17-,18+/m0/s1. The number of nitrogens with zero attached hydrogens (tertiary/aromatic N) is 1. The van der Waals surface area contributed by atoms with Crippen LogP contribution in [0.2, 0.25) is 0 Å². The minimum atomic E-state index is -4.76. The number of rotatable bonds is 4. The van der Waals surface area contributed by atoms with E-state index in [1.165, 1.54) is 29.2 Å². The van der Waals surface area contributed by atoms with Crippen molar-refractivity contribution in [2.24, 2.45) is 0 Å². The molecule has 0 bridgehead atoms. The van der Waals surface area contributed by atoms with E-state index in [-0.39, 0.29) is 26.0 Å². The third kappa shape index (κ3) is 5.45. The first-order valence-electron chi connectivity index (χ1n) is 8.79. The van der Waals surface area contributed by atoms with Crippen molar-refractivity contribution in [2.75, 3.05) is 6.54 Å². The van der Waals surface area contributed by atoms with Gasteiger partial charge >= 0.3 is 12.5 Å². The zero-order valence-electron chi connectivity index (χ0n) is 14.9. The summed E-state index contributed by atoms with van der Waals surface area (Å²) in [5.41, 5.74) is 1.32. The first-order valence-corrected chi connectivity index (χ1v) is 8.79. The van der Waals surface area contributed by atoms with E-state index in [9.17, 15) is 22.4 Å². The number of alkyl halides is 3. The smallest absolute Gasteiger partial charge is 0.445 e. The number of piperidine rings is 1. The average Bonchev–Trinajstić information content (AvgIpc) is 2.66. The number of carbonyl (C=O) groups excluding carboxylic acids is 1. The molecule has 8 heteroatoms. The third-order valence-corrected chi connectivity index (χ3v) is 4.55. The molecular weight excluding hydrogens is 378 g/mol. The van der Waals surface area contributed by atoms with Gasteiger partial charge in [0, 0.05) is 6.54 Å². The zero-order chi connectivity index (χ0) is 20.1. The number of hydrogen-bond donors (Lipinski definition) is 0. The highest BCUT2D eigenvalue weighted by Crippen LogP contribution is 2.35. The largest absolute Gasteiger partial charge is 0.522 e. The van der Waals surface area contributed by atoms with Crippen LogP contribution in [0.25, 0.3) is 0 Å². The Balaban J connectivity index is 1.73. The Hall–Kier alpha value is -2.61. The molecule has 0 saturated carbocycles. The molecule has 0 aromatic heterocycles. The van der Waals surface area contributed by atoms with Crippen LogP contribution in [0.15, 0.2) is 54.6 Å². The first-order chi connectivity index (χ1) is 13.3. The van der Waals surface area contributed by atoms with E-state index in [4.69, 9.17) is 4.74 Å². The molecule has 1 saturated heterocycles. The molecule has 0 N–H and O–H groups in total. The van der Waals surface area contributed by atoms with Gasteiger partial charge in [-0.3, -0.25) is 4.74 Å². The van der Waals surface area contributed by atoms with Gasteiger partial charge in [-0.1, -0.05) is 42.5 Å². The monoisotopic (exact) mass is 397 g/mol. The van der Waals surface area contributed by atoms with Gasteiger partial charge in [0.2, 0.25) is 0 Å². The summed E-state index contributed by atoms with van der Waals surface area (Å²) >= 11 is 0. The summed E-state index contributed by atoms with van der Waals surface area (Å²) in [6.07, 6.45) is -6.52. The van der Waals surface area contributed by atoms with Crippen molar-refractivity contribution in [3.63, 3.8) is 0 Å². The van der Waals surface area contributed by atoms with Crippen molar-refractivity contribution in [2.45, 2.75) is 38.0 Å². The second kappa shape index (κ2) is 8.60. The maximum absolute atomic E-state index is 13.2. The molecule has 4 nitrogen and oxygen atoms in total. The Morgan fingerprint density at radius 2 is 1.75 bits per heavy atom. The fraction of sp³-hybridized carbons (Fsp3) is 0.350. The van der Waals surface area contributed by atoms with Crippen LogP contribution in [0.5, 0.6) is 0 Å². The minimum Gasteiger partial charge on any atom is -0.445 e. The van der Waals surface area contributed by atoms with E-state index in [1.807, 2.05) is 18.2 Å². The Morgan fingerprint density at radius 3 is 2.39 bits per heavy atom. The lowest BCUT2D eigenvalue weighted by Gasteiger charge is -2.39. The Kier molecular flexibility index (Phi) is 6.18. The van der Waals surface area contributed by atoms with Crippen LogP contribution in [0.1, 0.15) is 30.0 Å². The second-order valence-corrected chi connectivity index (χ2v) is 6.51. The fourth-order valence-corrected chi connectivity index (χ4v) is 3.25. The minimum absolute atomic E-state index is 0.0254. The Morgan fingerprint density at radius 1 is 1.07 bits per heavy atom. The van der Waals surface area contributed by atoms with Gasteiger partial charge in [-0.25, -0.2) is 9.18 Å². The quantitative estimate of drug-likeness (QED) is 0.666. The number of ether oxygens (including phenoxy) is 2. The highest BCUT2D eigenvalue weighted by Gasteiger charge is 2.40. The molecule has 0 spiro atoms. The van der Waals surface area contributed by atoms with Crippen molar-refractivity contribution in [1.82, 2.24) is 4.90 Å². The molecule has 1 aliphatic rings. The molecule has 0 unspecified atom stereocenters. The number of benzene rings is 2. The van der Waals surface area contributed by atoms with Gasteiger partial charge in [0.1, 0.15) is 12.4 Å². The van der Waals surface area contributed by atoms with Crippen LogP contribution >= 0.6 is 0 Å². The van der Waals surface area contributed by atoms with Crippen molar-refractivity contribution in [3.05, 3.63) is 71.5 Å². The molecule has 0 aliphatic carbocycles. The van der Waals surface area contributed by atoms with Crippen LogP contribution in [-0.2, 0) is 16.1 Å². The first kappa shape index (κ1) is 20.1. The van der Waals surface area contributed by atoms with Crippen molar-refractivity contribution >= 4 is 6.09 Å². The summed E-state index contributed by atoms with van der Waals surface area (Å²) in [5.74, 6) is -0.471. The molecule has 1 heterocycles. The van der Waals surface area contributed by atoms with Crippen LogP contribution in [0.3, 0.4) is 0 Å². The molecule has 3 rings (SSSR count). The molecule has 1 aliphatic heterocycles. The number of hydrogen-bond acceptors (Lipinski definition) is 3. The van der Waals surface area contributed by atoms with E-state index in [0.29, 0.717) is 5.56 Å². The summed E-state index contributed by atoms with van der Waals surface area (Å²) in [6, 6.07) is 13.7. The van der Waals surface area contributed by atoms with E-state index in [1.54, 1.807) is 12.1 Å². The molecule has 2 aromatic rings. The van der Waals surface area contributed by atoms with Crippen LogP contribution in [-0.4, -0.2) is 30.0 Å². The van der Waals surface area contributed by atoms with E-state index < -0.39 is 30.4 Å². The van der Waals surface area contributed by atoms with Crippen molar-refractivity contribution in [1.29, 1.82) is 0 Å². The van der Waals surface area contributed by atoms with Gasteiger partial charge in [0.15, 0.2) is 0 Å². The van der Waals surface area contributed by atoms with Crippen LogP contribution in [0, 0.1) is 5.82 Å². The number of amides is 1. The Bertz CT molecular complexity index is 780. The van der Waals surface area contributed by atoms with Gasteiger partial charge < -0.3 is 9.64 Å². The Labute approximate surface area is 159 Å². The van der Waals surface area contributed by atoms with Gasteiger partial charge in [0.05, 0.1) is 12.1 Å². The lowest BCUT2D eigenvalue weighted by Crippen LogP contribution is -2.44. The lowest BCUT2D eigenvalue weighted by atomic mass is 9.93. The highest BCUT2D eigenvalue weighted by molar-refractivity contribution is 5.68. The number of halogens is 4. The van der Waals surface area contributed by atoms with E-state index in [0.717, 1.165) is 5.56 Å². The predicted octanol–water partition coefficient (Wildman–Crippen LogP) is 5.20. The topological polar surface area (TPSA) is 38.8 Å².